The molecule has 1 rings (SSSR count). The summed E-state index contributed by atoms with van der Waals surface area (Å²) in [7, 11) is 0. The van der Waals surface area contributed by atoms with E-state index in [1.165, 1.54) is 12.8 Å². The van der Waals surface area contributed by atoms with Gasteiger partial charge in [0.1, 0.15) is 0 Å². The molecule has 0 heterocycles. The second-order valence-electron chi connectivity index (χ2n) is 3.43. The van der Waals surface area contributed by atoms with Crippen LogP contribution in [0.4, 0.5) is 4.70 Å². The third-order valence-corrected chi connectivity index (χ3v) is 2.56. The third kappa shape index (κ3) is 1.01. The van der Waals surface area contributed by atoms with E-state index in [1.807, 2.05) is 0 Å². The Kier molecular flexibility index (Phi) is 2.02. The fourth-order valence-corrected chi connectivity index (χ4v) is 1.01. The fraction of sp³-hybridized carbons (Fsp3) is 1.00. The van der Waals surface area contributed by atoms with E-state index in [9.17, 15) is 0 Å². The molecule has 0 saturated heterocycles. The first kappa shape index (κ1) is 7.93. The van der Waals surface area contributed by atoms with Gasteiger partial charge in [-0.1, -0.05) is 20.8 Å². The van der Waals surface area contributed by atoms with Crippen LogP contribution >= 0.6 is 0 Å². The third-order valence-electron chi connectivity index (χ3n) is 2.56. The standard InChI is InChI=1S/C7H14.FH/c1-6-4-5-7(6,2)3;/h6H,4-5H2,1-3H3;1H. The first-order valence-corrected chi connectivity index (χ1v) is 3.13. The maximum absolute atomic E-state index is 2.35. The molecule has 1 unspecified atom stereocenters. The van der Waals surface area contributed by atoms with Crippen LogP contribution in [0.25, 0.3) is 0 Å². The Balaban J connectivity index is 0.000000490. The van der Waals surface area contributed by atoms with E-state index in [1.54, 1.807) is 0 Å². The van der Waals surface area contributed by atoms with E-state index in [2.05, 4.69) is 20.8 Å². The molecule has 8 heavy (non-hydrogen) atoms. The van der Waals surface area contributed by atoms with Gasteiger partial charge in [0.25, 0.3) is 0 Å². The molecule has 0 aromatic carbocycles. The molecule has 0 radical (unpaired) electrons. The van der Waals surface area contributed by atoms with Gasteiger partial charge < -0.3 is 0 Å². The van der Waals surface area contributed by atoms with E-state index < -0.39 is 0 Å². The normalized spacial score (nSPS) is 32.6. The van der Waals surface area contributed by atoms with Gasteiger partial charge in [0.2, 0.25) is 0 Å². The van der Waals surface area contributed by atoms with Gasteiger partial charge in [0, 0.05) is 0 Å². The van der Waals surface area contributed by atoms with Crippen LogP contribution in [0.3, 0.4) is 0 Å². The zero-order valence-electron chi connectivity index (χ0n) is 5.90. The molecule has 0 aromatic rings. The summed E-state index contributed by atoms with van der Waals surface area (Å²) in [5.74, 6) is 0.979. The van der Waals surface area contributed by atoms with Crippen molar-refractivity contribution in [2.75, 3.05) is 0 Å². The highest BCUT2D eigenvalue weighted by Gasteiger charge is 2.34. The number of halogens is 1. The van der Waals surface area contributed by atoms with Crippen molar-refractivity contribution in [1.82, 2.24) is 0 Å². The lowest BCUT2D eigenvalue weighted by Crippen LogP contribution is -2.31. The highest BCUT2D eigenvalue weighted by atomic mass is 19.0. The lowest BCUT2D eigenvalue weighted by atomic mass is 9.64. The Hall–Kier alpha value is -0.0700. The Morgan fingerprint density at radius 1 is 1.38 bits per heavy atom. The largest absolute Gasteiger partial charge is 0.269 e. The van der Waals surface area contributed by atoms with Crippen LogP contribution in [0.5, 0.6) is 0 Å². The van der Waals surface area contributed by atoms with Gasteiger partial charge in [-0.25, -0.2) is 0 Å². The lowest BCUT2D eigenvalue weighted by Gasteiger charge is -2.42. The molecule has 1 saturated carbocycles. The zero-order valence-corrected chi connectivity index (χ0v) is 5.90. The Morgan fingerprint density at radius 2 is 1.75 bits per heavy atom. The number of hydrogen-bond acceptors (Lipinski definition) is 0. The highest BCUT2D eigenvalue weighted by molar-refractivity contribution is 4.84. The summed E-state index contributed by atoms with van der Waals surface area (Å²) in [5.41, 5.74) is 0.681. The summed E-state index contributed by atoms with van der Waals surface area (Å²) in [6, 6.07) is 0. The van der Waals surface area contributed by atoms with Crippen molar-refractivity contribution in [2.45, 2.75) is 33.6 Å². The molecule has 50 valence electrons. The van der Waals surface area contributed by atoms with Gasteiger partial charge in [-0.3, -0.25) is 4.70 Å². The molecular formula is C7H15F. The van der Waals surface area contributed by atoms with Crippen LogP contribution < -0.4 is 0 Å². The fourth-order valence-electron chi connectivity index (χ4n) is 1.01. The second-order valence-corrected chi connectivity index (χ2v) is 3.43. The van der Waals surface area contributed by atoms with Crippen LogP contribution in [-0.4, -0.2) is 0 Å². The SMILES string of the molecule is CC1CCC1(C)C.F. The minimum absolute atomic E-state index is 0. The van der Waals surface area contributed by atoms with Crippen molar-refractivity contribution in [3.8, 4) is 0 Å². The Labute approximate surface area is 50.7 Å². The zero-order chi connectivity index (χ0) is 5.49. The maximum atomic E-state index is 2.35. The van der Waals surface area contributed by atoms with E-state index in [0.717, 1.165) is 5.92 Å². The van der Waals surface area contributed by atoms with Crippen LogP contribution in [-0.2, 0) is 0 Å². The minimum Gasteiger partial charge on any atom is -0.269 e. The molecule has 0 nitrogen and oxygen atoms in total. The number of hydrogen-bond donors (Lipinski definition) is 0. The number of rotatable bonds is 0. The van der Waals surface area contributed by atoms with Gasteiger partial charge in [-0.15, -0.1) is 0 Å². The van der Waals surface area contributed by atoms with Crippen molar-refractivity contribution in [2.24, 2.45) is 11.3 Å². The van der Waals surface area contributed by atoms with Gasteiger partial charge in [0.05, 0.1) is 0 Å². The molecule has 1 fully saturated rings. The summed E-state index contributed by atoms with van der Waals surface area (Å²) in [4.78, 5) is 0. The van der Waals surface area contributed by atoms with Crippen LogP contribution in [0.1, 0.15) is 33.6 Å². The van der Waals surface area contributed by atoms with Crippen molar-refractivity contribution in [3.63, 3.8) is 0 Å². The highest BCUT2D eigenvalue weighted by Crippen LogP contribution is 2.45. The first-order valence-electron chi connectivity index (χ1n) is 3.13. The van der Waals surface area contributed by atoms with Crippen molar-refractivity contribution >= 4 is 0 Å². The van der Waals surface area contributed by atoms with Crippen LogP contribution in [0, 0.1) is 11.3 Å². The van der Waals surface area contributed by atoms with Crippen molar-refractivity contribution < 1.29 is 4.70 Å². The van der Waals surface area contributed by atoms with E-state index in [-0.39, 0.29) is 4.70 Å². The minimum atomic E-state index is 0. The van der Waals surface area contributed by atoms with Gasteiger partial charge in [-0.05, 0) is 24.2 Å². The van der Waals surface area contributed by atoms with Crippen molar-refractivity contribution in [3.05, 3.63) is 0 Å². The van der Waals surface area contributed by atoms with E-state index >= 15 is 0 Å². The molecule has 0 N–H and O–H groups in total. The molecule has 1 heteroatoms. The average molecular weight is 118 g/mol. The first-order chi connectivity index (χ1) is 3.13. The van der Waals surface area contributed by atoms with Gasteiger partial charge in [-0.2, -0.15) is 0 Å². The molecule has 1 aliphatic rings. The topological polar surface area (TPSA) is 0 Å². The molecule has 1 aliphatic carbocycles. The Bertz CT molecular complexity index is 76.5. The summed E-state index contributed by atoms with van der Waals surface area (Å²) < 4.78 is 0. The summed E-state index contributed by atoms with van der Waals surface area (Å²) in [6.07, 6.45) is 2.89. The second kappa shape index (κ2) is 2.04. The van der Waals surface area contributed by atoms with Gasteiger partial charge >= 0.3 is 0 Å². The molecule has 0 amide bonds. The smallest absolute Gasteiger partial charge is 0.0328 e. The Morgan fingerprint density at radius 3 is 1.75 bits per heavy atom. The lowest BCUT2D eigenvalue weighted by molar-refractivity contribution is 0.0892. The molecule has 0 aromatic heterocycles. The molecular weight excluding hydrogens is 103 g/mol. The monoisotopic (exact) mass is 118 g/mol. The van der Waals surface area contributed by atoms with Gasteiger partial charge in [0.15, 0.2) is 0 Å². The summed E-state index contributed by atoms with van der Waals surface area (Å²) in [6.45, 7) is 7.03. The summed E-state index contributed by atoms with van der Waals surface area (Å²) in [5, 5.41) is 0. The van der Waals surface area contributed by atoms with E-state index in [0.29, 0.717) is 5.41 Å². The maximum Gasteiger partial charge on any atom is -0.0328 e. The van der Waals surface area contributed by atoms with E-state index in [4.69, 9.17) is 0 Å². The van der Waals surface area contributed by atoms with Crippen molar-refractivity contribution in [1.29, 1.82) is 0 Å². The molecule has 1 atom stereocenters. The summed E-state index contributed by atoms with van der Waals surface area (Å²) >= 11 is 0. The predicted octanol–water partition coefficient (Wildman–Crippen LogP) is 2.60. The van der Waals surface area contributed by atoms with Crippen LogP contribution in [0.2, 0.25) is 0 Å². The molecule has 0 spiro atoms. The quantitative estimate of drug-likeness (QED) is 0.458. The van der Waals surface area contributed by atoms with Crippen LogP contribution in [0.15, 0.2) is 0 Å². The molecule has 0 aliphatic heterocycles. The predicted molar refractivity (Wildman–Crippen MR) is 34.7 cm³/mol. The molecule has 0 bridgehead atoms. The average Bonchev–Trinajstić information content (AvgIpc) is 1.63.